The zero-order valence-electron chi connectivity index (χ0n) is 18.2. The predicted octanol–water partition coefficient (Wildman–Crippen LogP) is 3.53. The summed E-state index contributed by atoms with van der Waals surface area (Å²) < 4.78 is 5.56. The van der Waals surface area contributed by atoms with E-state index in [1.807, 2.05) is 38.1 Å². The number of hydrogen-bond acceptors (Lipinski definition) is 4. The topological polar surface area (TPSA) is 105 Å². The molecule has 1 atom stereocenters. The molecule has 0 radical (unpaired) electrons. The number of carboxylic acid groups (broad SMARTS) is 1. The number of alkyl carbamates (subject to hydrolysis) is 1. The van der Waals surface area contributed by atoms with Crippen molar-refractivity contribution >= 4 is 18.0 Å². The van der Waals surface area contributed by atoms with E-state index in [0.717, 1.165) is 22.3 Å². The smallest absolute Gasteiger partial charge is 0.407 e. The average Bonchev–Trinajstić information content (AvgIpc) is 3.06. The Hall–Kier alpha value is -3.35. The molecule has 0 spiro atoms. The summed E-state index contributed by atoms with van der Waals surface area (Å²) >= 11 is 0. The highest BCUT2D eigenvalue weighted by atomic mass is 16.5. The molecule has 3 N–H and O–H groups in total. The lowest BCUT2D eigenvalue weighted by atomic mass is 9.80. The van der Waals surface area contributed by atoms with Crippen LogP contribution >= 0.6 is 0 Å². The van der Waals surface area contributed by atoms with Gasteiger partial charge in [-0.05, 0) is 41.0 Å². The van der Waals surface area contributed by atoms with Crippen LogP contribution in [0.25, 0.3) is 11.1 Å². The Bertz CT molecular complexity index is 983. The molecule has 4 rings (SSSR count). The van der Waals surface area contributed by atoms with E-state index in [2.05, 4.69) is 34.9 Å². The first-order valence-corrected chi connectivity index (χ1v) is 11.0. The van der Waals surface area contributed by atoms with Crippen LogP contribution in [0.4, 0.5) is 4.79 Å². The van der Waals surface area contributed by atoms with Crippen LogP contribution in [0.1, 0.15) is 43.7 Å². The van der Waals surface area contributed by atoms with E-state index >= 15 is 0 Å². The van der Waals surface area contributed by atoms with Crippen LogP contribution in [0, 0.1) is 11.8 Å². The second kappa shape index (κ2) is 9.02. The quantitative estimate of drug-likeness (QED) is 0.616. The number of fused-ring (bicyclic) bond motifs is 3. The van der Waals surface area contributed by atoms with E-state index in [-0.39, 0.29) is 30.4 Å². The molecule has 0 bridgehead atoms. The Balaban J connectivity index is 1.35. The normalized spacial score (nSPS) is 20.0. The van der Waals surface area contributed by atoms with Gasteiger partial charge in [-0.25, -0.2) is 4.79 Å². The number of hydrogen-bond donors (Lipinski definition) is 3. The molecule has 0 aromatic heterocycles. The molecule has 2 aliphatic carbocycles. The number of aliphatic carboxylic acids is 1. The Morgan fingerprint density at radius 3 is 2.09 bits per heavy atom. The van der Waals surface area contributed by atoms with Crippen molar-refractivity contribution in [2.24, 2.45) is 11.8 Å². The van der Waals surface area contributed by atoms with Gasteiger partial charge in [0.05, 0.1) is 5.92 Å². The molecule has 2 aromatic carbocycles. The van der Waals surface area contributed by atoms with Crippen LogP contribution < -0.4 is 10.6 Å². The summed E-state index contributed by atoms with van der Waals surface area (Å²) in [5.41, 5.74) is 4.55. The van der Waals surface area contributed by atoms with Gasteiger partial charge in [-0.15, -0.1) is 0 Å². The first-order chi connectivity index (χ1) is 15.3. The van der Waals surface area contributed by atoms with Crippen molar-refractivity contribution in [1.82, 2.24) is 10.6 Å². The van der Waals surface area contributed by atoms with Gasteiger partial charge in [0, 0.05) is 12.0 Å². The highest BCUT2D eigenvalue weighted by Crippen LogP contribution is 2.44. The SMILES string of the molecule is CC(C)[C@@H](NC(=O)OCC1c2ccccc2-c2ccccc21)C(=O)NC1CC(C(=O)O)C1. The summed E-state index contributed by atoms with van der Waals surface area (Å²) in [6.45, 7) is 3.86. The van der Waals surface area contributed by atoms with Gasteiger partial charge < -0.3 is 20.5 Å². The summed E-state index contributed by atoms with van der Waals surface area (Å²) in [4.78, 5) is 36.2. The molecule has 7 nitrogen and oxygen atoms in total. The first kappa shape index (κ1) is 21.9. The van der Waals surface area contributed by atoms with Crippen molar-refractivity contribution < 1.29 is 24.2 Å². The van der Waals surface area contributed by atoms with Crippen molar-refractivity contribution in [3.05, 3.63) is 59.7 Å². The van der Waals surface area contributed by atoms with Gasteiger partial charge in [0.25, 0.3) is 0 Å². The minimum Gasteiger partial charge on any atom is -0.481 e. The lowest BCUT2D eigenvalue weighted by molar-refractivity contribution is -0.146. The number of amides is 2. The van der Waals surface area contributed by atoms with E-state index < -0.39 is 24.0 Å². The lowest BCUT2D eigenvalue weighted by Crippen LogP contribution is -2.55. The summed E-state index contributed by atoms with van der Waals surface area (Å²) in [5.74, 6) is -1.77. The molecule has 32 heavy (non-hydrogen) atoms. The molecular weight excluding hydrogens is 408 g/mol. The predicted molar refractivity (Wildman–Crippen MR) is 119 cm³/mol. The Labute approximate surface area is 187 Å². The highest BCUT2D eigenvalue weighted by Gasteiger charge is 2.37. The molecule has 168 valence electrons. The third-order valence-electron chi connectivity index (χ3n) is 6.40. The summed E-state index contributed by atoms with van der Waals surface area (Å²) in [7, 11) is 0. The molecule has 2 aliphatic rings. The fourth-order valence-corrected chi connectivity index (χ4v) is 4.53. The maximum Gasteiger partial charge on any atom is 0.407 e. The van der Waals surface area contributed by atoms with Crippen LogP contribution in [0.3, 0.4) is 0 Å². The third kappa shape index (κ3) is 4.33. The molecular formula is C25H28N2O5. The van der Waals surface area contributed by atoms with Crippen LogP contribution in [0.5, 0.6) is 0 Å². The van der Waals surface area contributed by atoms with Gasteiger partial charge in [-0.2, -0.15) is 0 Å². The monoisotopic (exact) mass is 436 g/mol. The van der Waals surface area contributed by atoms with Crippen molar-refractivity contribution in [2.45, 2.75) is 44.7 Å². The van der Waals surface area contributed by atoms with Crippen molar-refractivity contribution in [3.8, 4) is 11.1 Å². The molecule has 0 aliphatic heterocycles. The van der Waals surface area contributed by atoms with E-state index in [0.29, 0.717) is 12.8 Å². The fraction of sp³-hybridized carbons (Fsp3) is 0.400. The average molecular weight is 437 g/mol. The Morgan fingerprint density at radius 2 is 1.56 bits per heavy atom. The third-order valence-corrected chi connectivity index (χ3v) is 6.40. The van der Waals surface area contributed by atoms with Crippen molar-refractivity contribution in [1.29, 1.82) is 0 Å². The largest absolute Gasteiger partial charge is 0.481 e. The van der Waals surface area contributed by atoms with Crippen molar-refractivity contribution in [2.75, 3.05) is 6.61 Å². The maximum atomic E-state index is 12.7. The Kier molecular flexibility index (Phi) is 6.17. The number of benzene rings is 2. The van der Waals surface area contributed by atoms with Crippen LogP contribution in [0.2, 0.25) is 0 Å². The van der Waals surface area contributed by atoms with Crippen LogP contribution in [-0.4, -0.2) is 41.8 Å². The minimum absolute atomic E-state index is 0.0533. The molecule has 7 heteroatoms. The standard InChI is InChI=1S/C25H28N2O5/c1-14(2)22(23(28)26-16-11-15(12-16)24(29)30)27-25(31)32-13-21-19-9-5-3-7-17(19)18-8-4-6-10-20(18)21/h3-10,14-16,21-22H,11-13H2,1-2H3,(H,26,28)(H,27,31)(H,29,30)/t15?,16?,22-/m1/s1. The second-order valence-electron chi connectivity index (χ2n) is 8.90. The van der Waals surface area contributed by atoms with Gasteiger partial charge >= 0.3 is 12.1 Å². The van der Waals surface area contributed by atoms with Gasteiger partial charge in [-0.1, -0.05) is 62.4 Å². The first-order valence-electron chi connectivity index (χ1n) is 11.0. The lowest BCUT2D eigenvalue weighted by Gasteiger charge is -2.34. The molecule has 1 fully saturated rings. The molecule has 0 saturated heterocycles. The molecule has 0 unspecified atom stereocenters. The maximum absolute atomic E-state index is 12.7. The van der Waals surface area contributed by atoms with Gasteiger partial charge in [0.2, 0.25) is 5.91 Å². The zero-order valence-corrected chi connectivity index (χ0v) is 18.2. The number of rotatable bonds is 7. The van der Waals surface area contributed by atoms with Gasteiger partial charge in [-0.3, -0.25) is 9.59 Å². The van der Waals surface area contributed by atoms with E-state index in [1.165, 1.54) is 0 Å². The Morgan fingerprint density at radius 1 is 1.00 bits per heavy atom. The summed E-state index contributed by atoms with van der Waals surface area (Å²) in [6.07, 6.45) is 0.186. The zero-order chi connectivity index (χ0) is 22.8. The fourth-order valence-electron chi connectivity index (χ4n) is 4.53. The van der Waals surface area contributed by atoms with Gasteiger partial charge in [0.15, 0.2) is 0 Å². The number of ether oxygens (including phenoxy) is 1. The van der Waals surface area contributed by atoms with E-state index in [4.69, 9.17) is 9.84 Å². The molecule has 2 aromatic rings. The molecule has 2 amide bonds. The summed E-state index contributed by atoms with van der Waals surface area (Å²) in [5, 5.41) is 14.5. The number of carboxylic acids is 1. The highest BCUT2D eigenvalue weighted by molar-refractivity contribution is 5.86. The number of carbonyl (C=O) groups excluding carboxylic acids is 2. The van der Waals surface area contributed by atoms with Crippen LogP contribution in [0.15, 0.2) is 48.5 Å². The van der Waals surface area contributed by atoms with Gasteiger partial charge in [0.1, 0.15) is 12.6 Å². The van der Waals surface area contributed by atoms with E-state index in [9.17, 15) is 14.4 Å². The summed E-state index contributed by atoms with van der Waals surface area (Å²) in [6, 6.07) is 15.3. The minimum atomic E-state index is -0.840. The number of nitrogens with one attached hydrogen (secondary N) is 2. The molecule has 0 heterocycles. The second-order valence-corrected chi connectivity index (χ2v) is 8.90. The molecule has 1 saturated carbocycles. The van der Waals surface area contributed by atoms with Crippen LogP contribution in [-0.2, 0) is 14.3 Å². The van der Waals surface area contributed by atoms with E-state index in [1.54, 1.807) is 0 Å². The number of carbonyl (C=O) groups is 3. The van der Waals surface area contributed by atoms with Crippen molar-refractivity contribution in [3.63, 3.8) is 0 Å².